The number of halogens is 1. The summed E-state index contributed by atoms with van der Waals surface area (Å²) in [6, 6.07) is 8.25. The van der Waals surface area contributed by atoms with Crippen molar-refractivity contribution in [3.05, 3.63) is 34.3 Å². The number of aliphatic hydroxyl groups excluding tert-OH is 1. The Morgan fingerprint density at radius 3 is 2.86 bits per heavy atom. The number of hydrogen-bond donors (Lipinski definition) is 2. The van der Waals surface area contributed by atoms with Crippen molar-refractivity contribution in [2.75, 3.05) is 19.7 Å². The van der Waals surface area contributed by atoms with Crippen LogP contribution in [0.25, 0.3) is 0 Å². The van der Waals surface area contributed by atoms with Gasteiger partial charge in [-0.3, -0.25) is 0 Å². The summed E-state index contributed by atoms with van der Waals surface area (Å²) in [7, 11) is 0. The maximum absolute atomic E-state index is 9.23. The molecule has 1 aliphatic rings. The summed E-state index contributed by atoms with van der Waals surface area (Å²) in [4.78, 5) is 0. The van der Waals surface area contributed by atoms with Gasteiger partial charge in [-0.1, -0.05) is 34.1 Å². The molecule has 14 heavy (non-hydrogen) atoms. The van der Waals surface area contributed by atoms with Crippen molar-refractivity contribution in [3.63, 3.8) is 0 Å². The predicted octanol–water partition coefficient (Wildman–Crippen LogP) is 1.74. The molecule has 0 unspecified atom stereocenters. The van der Waals surface area contributed by atoms with Crippen LogP contribution in [-0.4, -0.2) is 24.8 Å². The van der Waals surface area contributed by atoms with E-state index in [0.717, 1.165) is 17.6 Å². The van der Waals surface area contributed by atoms with E-state index in [1.165, 1.54) is 5.56 Å². The lowest BCUT2D eigenvalue weighted by atomic mass is 9.90. The van der Waals surface area contributed by atoms with Gasteiger partial charge in [0, 0.05) is 36.0 Å². The molecule has 0 saturated carbocycles. The second-order valence-corrected chi connectivity index (χ2v) is 4.58. The highest BCUT2D eigenvalue weighted by Gasteiger charge is 2.28. The van der Waals surface area contributed by atoms with Crippen molar-refractivity contribution >= 4 is 15.9 Å². The van der Waals surface area contributed by atoms with Crippen LogP contribution >= 0.6 is 15.9 Å². The second kappa shape index (κ2) is 4.43. The van der Waals surface area contributed by atoms with E-state index in [0.29, 0.717) is 11.8 Å². The average molecular weight is 256 g/mol. The van der Waals surface area contributed by atoms with E-state index in [2.05, 4.69) is 33.4 Å². The molecule has 2 N–H and O–H groups in total. The minimum atomic E-state index is 0.263. The third kappa shape index (κ3) is 1.85. The van der Waals surface area contributed by atoms with Crippen molar-refractivity contribution < 1.29 is 5.11 Å². The minimum absolute atomic E-state index is 0.263. The molecule has 0 amide bonds. The summed E-state index contributed by atoms with van der Waals surface area (Å²) in [5.41, 5.74) is 1.30. The Hall–Kier alpha value is -0.380. The summed E-state index contributed by atoms with van der Waals surface area (Å²) in [5.74, 6) is 0.796. The average Bonchev–Trinajstić information content (AvgIpc) is 2.66. The van der Waals surface area contributed by atoms with Gasteiger partial charge in [0.15, 0.2) is 0 Å². The molecule has 3 heteroatoms. The lowest BCUT2D eigenvalue weighted by molar-refractivity contribution is 0.226. The zero-order valence-electron chi connectivity index (χ0n) is 7.91. The summed E-state index contributed by atoms with van der Waals surface area (Å²) >= 11 is 3.55. The monoisotopic (exact) mass is 255 g/mol. The van der Waals surface area contributed by atoms with Gasteiger partial charge < -0.3 is 10.4 Å². The van der Waals surface area contributed by atoms with Crippen LogP contribution in [0.4, 0.5) is 0 Å². The highest BCUT2D eigenvalue weighted by molar-refractivity contribution is 9.10. The highest BCUT2D eigenvalue weighted by atomic mass is 79.9. The van der Waals surface area contributed by atoms with E-state index in [1.807, 2.05) is 12.1 Å². The summed E-state index contributed by atoms with van der Waals surface area (Å²) < 4.78 is 1.15. The molecule has 1 heterocycles. The molecule has 1 aromatic rings. The largest absolute Gasteiger partial charge is 0.396 e. The fourth-order valence-electron chi connectivity index (χ4n) is 2.06. The predicted molar refractivity (Wildman–Crippen MR) is 60.3 cm³/mol. The minimum Gasteiger partial charge on any atom is -0.396 e. The lowest BCUT2D eigenvalue weighted by Gasteiger charge is -2.17. The zero-order valence-corrected chi connectivity index (χ0v) is 9.50. The summed E-state index contributed by atoms with van der Waals surface area (Å²) in [5, 5.41) is 12.6. The van der Waals surface area contributed by atoms with Gasteiger partial charge in [-0.15, -0.1) is 0 Å². The first-order valence-corrected chi connectivity index (χ1v) is 5.68. The van der Waals surface area contributed by atoms with E-state index in [1.54, 1.807) is 0 Å². The molecule has 0 radical (unpaired) electrons. The molecule has 2 rings (SSSR count). The summed E-state index contributed by atoms with van der Waals surface area (Å²) in [6.45, 7) is 2.15. The molecule has 0 aromatic heterocycles. The van der Waals surface area contributed by atoms with Crippen LogP contribution in [-0.2, 0) is 0 Å². The van der Waals surface area contributed by atoms with Gasteiger partial charge in [-0.25, -0.2) is 0 Å². The topological polar surface area (TPSA) is 32.3 Å². The molecule has 1 saturated heterocycles. The fraction of sp³-hybridized carbons (Fsp3) is 0.455. The van der Waals surface area contributed by atoms with Gasteiger partial charge in [0.2, 0.25) is 0 Å². The van der Waals surface area contributed by atoms with Crippen molar-refractivity contribution in [2.24, 2.45) is 5.92 Å². The number of nitrogens with one attached hydrogen (secondary N) is 1. The first-order chi connectivity index (χ1) is 6.83. The lowest BCUT2D eigenvalue weighted by Crippen LogP contribution is -2.15. The molecule has 0 aliphatic carbocycles. The van der Waals surface area contributed by atoms with Crippen molar-refractivity contribution in [1.82, 2.24) is 5.32 Å². The standard InChI is InChI=1S/C11H14BrNO/c12-11-4-2-1-3-9(11)10-6-13-5-8(10)7-14/h1-4,8,10,13-14H,5-7H2/t8-,10+/m1/s1. The Balaban J connectivity index is 2.26. The highest BCUT2D eigenvalue weighted by Crippen LogP contribution is 2.32. The van der Waals surface area contributed by atoms with Crippen LogP contribution in [0.2, 0.25) is 0 Å². The molecule has 2 nitrogen and oxygen atoms in total. The number of benzene rings is 1. The Kier molecular flexibility index (Phi) is 3.21. The molecule has 0 bridgehead atoms. The number of aliphatic hydroxyl groups is 1. The van der Waals surface area contributed by atoms with Gasteiger partial charge in [0.05, 0.1) is 0 Å². The molecular formula is C11H14BrNO. The third-order valence-electron chi connectivity index (χ3n) is 2.88. The van der Waals surface area contributed by atoms with Crippen LogP contribution in [0.5, 0.6) is 0 Å². The fourth-order valence-corrected chi connectivity index (χ4v) is 2.64. The first-order valence-electron chi connectivity index (χ1n) is 4.89. The maximum Gasteiger partial charge on any atom is 0.0477 e. The van der Waals surface area contributed by atoms with Crippen molar-refractivity contribution in [1.29, 1.82) is 0 Å². The van der Waals surface area contributed by atoms with Crippen LogP contribution in [0, 0.1) is 5.92 Å². The van der Waals surface area contributed by atoms with E-state index in [9.17, 15) is 5.11 Å². The quantitative estimate of drug-likeness (QED) is 0.844. The van der Waals surface area contributed by atoms with Crippen molar-refractivity contribution in [2.45, 2.75) is 5.92 Å². The Bertz CT molecular complexity index is 316. The van der Waals surface area contributed by atoms with Gasteiger partial charge in [-0.2, -0.15) is 0 Å². The normalized spacial score (nSPS) is 26.7. The number of hydrogen-bond acceptors (Lipinski definition) is 2. The van der Waals surface area contributed by atoms with Crippen LogP contribution in [0.1, 0.15) is 11.5 Å². The van der Waals surface area contributed by atoms with Gasteiger partial charge in [0.25, 0.3) is 0 Å². The summed E-state index contributed by atoms with van der Waals surface area (Å²) in [6.07, 6.45) is 0. The SMILES string of the molecule is OC[C@H]1CNC[C@@H]1c1ccccc1Br. The molecule has 76 valence electrons. The smallest absolute Gasteiger partial charge is 0.0477 e. The molecule has 1 aromatic carbocycles. The molecular weight excluding hydrogens is 242 g/mol. The van der Waals surface area contributed by atoms with Gasteiger partial charge in [-0.05, 0) is 11.6 Å². The van der Waals surface area contributed by atoms with Gasteiger partial charge >= 0.3 is 0 Å². The van der Waals surface area contributed by atoms with E-state index >= 15 is 0 Å². The van der Waals surface area contributed by atoms with Gasteiger partial charge in [0.1, 0.15) is 0 Å². The Labute approximate surface area is 92.5 Å². The molecule has 1 fully saturated rings. The first kappa shape index (κ1) is 10.1. The number of rotatable bonds is 2. The van der Waals surface area contributed by atoms with Crippen LogP contribution in [0.3, 0.4) is 0 Å². The van der Waals surface area contributed by atoms with Crippen LogP contribution < -0.4 is 5.32 Å². The van der Waals surface area contributed by atoms with E-state index < -0.39 is 0 Å². The third-order valence-corrected chi connectivity index (χ3v) is 3.60. The van der Waals surface area contributed by atoms with E-state index in [-0.39, 0.29) is 6.61 Å². The molecule has 1 aliphatic heterocycles. The second-order valence-electron chi connectivity index (χ2n) is 3.73. The Morgan fingerprint density at radius 1 is 1.36 bits per heavy atom. The Morgan fingerprint density at radius 2 is 2.14 bits per heavy atom. The maximum atomic E-state index is 9.23. The molecule has 0 spiro atoms. The van der Waals surface area contributed by atoms with Crippen LogP contribution in [0.15, 0.2) is 28.7 Å². The zero-order chi connectivity index (χ0) is 9.97. The van der Waals surface area contributed by atoms with Crippen molar-refractivity contribution in [3.8, 4) is 0 Å². The molecule has 2 atom stereocenters. The van der Waals surface area contributed by atoms with E-state index in [4.69, 9.17) is 0 Å².